The number of benzene rings is 2. The number of fused-ring (bicyclic) bond motifs is 3. The highest BCUT2D eigenvalue weighted by Crippen LogP contribution is 2.52. The molecule has 0 N–H and O–H groups in total. The summed E-state index contributed by atoms with van der Waals surface area (Å²) >= 11 is 0. The van der Waals surface area contributed by atoms with Crippen molar-refractivity contribution in [2.75, 3.05) is 17.1 Å². The smallest absolute Gasteiger partial charge is 0.177 e. The predicted octanol–water partition coefficient (Wildman–Crippen LogP) is 2.93. The molecule has 3 aliphatic heterocycles. The number of nitrogens with zero attached hydrogens (tertiary/aromatic N) is 5. The van der Waals surface area contributed by atoms with Gasteiger partial charge in [-0.3, -0.25) is 19.5 Å². The molecule has 3 aliphatic rings. The maximum atomic E-state index is 12.8. The molecule has 0 spiro atoms. The van der Waals surface area contributed by atoms with Gasteiger partial charge in [0.2, 0.25) is 0 Å². The van der Waals surface area contributed by atoms with Gasteiger partial charge in [-0.2, -0.15) is 10.2 Å². The molecule has 2 aromatic rings. The average Bonchev–Trinajstić information content (AvgIpc) is 3.36. The summed E-state index contributed by atoms with van der Waals surface area (Å²) in [6, 6.07) is 19.2. The monoisotopic (exact) mass is 415 g/mol. The molecule has 0 saturated carbocycles. The summed E-state index contributed by atoms with van der Waals surface area (Å²) in [5.74, 6) is -0.370. The Bertz CT molecular complexity index is 1110. The van der Waals surface area contributed by atoms with Crippen molar-refractivity contribution in [2.45, 2.75) is 38.5 Å². The maximum absolute atomic E-state index is 12.8. The average molecular weight is 415 g/mol. The first-order valence-electron chi connectivity index (χ1n) is 10.5. The van der Waals surface area contributed by atoms with Gasteiger partial charge >= 0.3 is 0 Å². The molecule has 0 aliphatic carbocycles. The molecule has 158 valence electrons. The number of hydrogen-bond acceptors (Lipinski definition) is 7. The maximum Gasteiger partial charge on any atom is 0.177 e. The van der Waals surface area contributed by atoms with E-state index in [0.29, 0.717) is 11.4 Å². The van der Waals surface area contributed by atoms with Crippen LogP contribution >= 0.6 is 0 Å². The van der Waals surface area contributed by atoms with Gasteiger partial charge in [0.05, 0.1) is 29.4 Å². The van der Waals surface area contributed by atoms with Crippen LogP contribution < -0.4 is 10.0 Å². The SMILES string of the molecule is CC(=O)C1=NN(c2ccccc2)[C@@H]2[C@H]1N(C)[C@]1(C)[C@H]2C(C(C)=O)=NN1c1ccccc1. The Balaban J connectivity index is 1.70. The van der Waals surface area contributed by atoms with Gasteiger partial charge in [0, 0.05) is 13.8 Å². The van der Waals surface area contributed by atoms with E-state index in [-0.39, 0.29) is 29.6 Å². The first-order chi connectivity index (χ1) is 14.9. The second kappa shape index (κ2) is 6.85. The van der Waals surface area contributed by atoms with Crippen molar-refractivity contribution in [1.29, 1.82) is 0 Å². The van der Waals surface area contributed by atoms with Gasteiger partial charge in [0.25, 0.3) is 0 Å². The molecule has 5 rings (SSSR count). The number of carbonyl (C=O) groups excluding carboxylic acids is 2. The van der Waals surface area contributed by atoms with Gasteiger partial charge in [0.1, 0.15) is 17.1 Å². The van der Waals surface area contributed by atoms with Crippen LogP contribution in [0, 0.1) is 5.92 Å². The quantitative estimate of drug-likeness (QED) is 0.768. The molecule has 1 saturated heterocycles. The fourth-order valence-electron chi connectivity index (χ4n) is 5.34. The Morgan fingerprint density at radius 1 is 0.839 bits per heavy atom. The summed E-state index contributed by atoms with van der Waals surface area (Å²) in [6.45, 7) is 5.22. The molecular formula is C24H25N5O2. The second-order valence-corrected chi connectivity index (χ2v) is 8.53. The minimum atomic E-state index is -0.624. The van der Waals surface area contributed by atoms with Gasteiger partial charge in [-0.15, -0.1) is 0 Å². The lowest BCUT2D eigenvalue weighted by Gasteiger charge is -2.41. The first kappa shape index (κ1) is 19.6. The lowest BCUT2D eigenvalue weighted by molar-refractivity contribution is -0.112. The Hall–Kier alpha value is -3.32. The lowest BCUT2D eigenvalue weighted by atomic mass is 9.84. The van der Waals surface area contributed by atoms with Crippen LogP contribution in [0.5, 0.6) is 0 Å². The number of likely N-dealkylation sites (tertiary alicyclic amines) is 1. The standard InChI is InChI=1S/C24H25N5O2/c1-15(30)20-19-22-23(21(16(2)31)25-28(22)17-11-7-5-8-12-17)27(4)24(19,3)29(26-20)18-13-9-6-10-14-18/h5-14,19,22-23H,1-4H3/t19-,22-,23-,24-/m0/s1. The topological polar surface area (TPSA) is 68.6 Å². The molecule has 7 nitrogen and oxygen atoms in total. The van der Waals surface area contributed by atoms with Crippen LogP contribution in [0.3, 0.4) is 0 Å². The van der Waals surface area contributed by atoms with Crippen LogP contribution in [0.15, 0.2) is 70.9 Å². The molecular weight excluding hydrogens is 390 g/mol. The third-order valence-electron chi connectivity index (χ3n) is 6.84. The van der Waals surface area contributed by atoms with E-state index in [0.717, 1.165) is 11.4 Å². The number of likely N-dealkylation sites (N-methyl/N-ethyl adjacent to an activating group) is 1. The zero-order chi connectivity index (χ0) is 21.9. The summed E-state index contributed by atoms with van der Waals surface area (Å²) in [5, 5.41) is 13.4. The van der Waals surface area contributed by atoms with Crippen LogP contribution in [0.25, 0.3) is 0 Å². The van der Waals surface area contributed by atoms with Crippen LogP contribution in [0.1, 0.15) is 20.8 Å². The van der Waals surface area contributed by atoms with Gasteiger partial charge < -0.3 is 0 Å². The van der Waals surface area contributed by atoms with E-state index in [1.165, 1.54) is 0 Å². The third kappa shape index (κ3) is 2.63. The van der Waals surface area contributed by atoms with Gasteiger partial charge in [-0.1, -0.05) is 36.4 Å². The second-order valence-electron chi connectivity index (χ2n) is 8.53. The van der Waals surface area contributed by atoms with Gasteiger partial charge in [0.15, 0.2) is 11.6 Å². The fourth-order valence-corrected chi connectivity index (χ4v) is 5.34. The van der Waals surface area contributed by atoms with E-state index in [2.05, 4.69) is 11.8 Å². The molecule has 7 heteroatoms. The molecule has 0 unspecified atom stereocenters. The number of hydrazone groups is 2. The summed E-state index contributed by atoms with van der Waals surface area (Å²) in [4.78, 5) is 27.5. The number of rotatable bonds is 4. The fraction of sp³-hybridized carbons (Fsp3) is 0.333. The minimum absolute atomic E-state index is 0.0589. The molecule has 1 fully saturated rings. The zero-order valence-electron chi connectivity index (χ0n) is 18.1. The molecule has 4 atom stereocenters. The highest BCUT2D eigenvalue weighted by atomic mass is 16.1. The molecule has 3 heterocycles. The molecule has 31 heavy (non-hydrogen) atoms. The number of carbonyl (C=O) groups is 2. The van der Waals surface area contributed by atoms with E-state index in [4.69, 9.17) is 10.2 Å². The van der Waals surface area contributed by atoms with Gasteiger partial charge in [-0.25, -0.2) is 5.01 Å². The minimum Gasteiger partial charge on any atom is -0.293 e. The zero-order valence-corrected chi connectivity index (χ0v) is 18.1. The van der Waals surface area contributed by atoms with E-state index >= 15 is 0 Å². The Kier molecular flexibility index (Phi) is 4.34. The largest absolute Gasteiger partial charge is 0.293 e. The summed E-state index contributed by atoms with van der Waals surface area (Å²) < 4.78 is 0. The van der Waals surface area contributed by atoms with Crippen LogP contribution in [0.4, 0.5) is 11.4 Å². The van der Waals surface area contributed by atoms with Crippen LogP contribution in [-0.2, 0) is 9.59 Å². The van der Waals surface area contributed by atoms with Crippen molar-refractivity contribution in [2.24, 2.45) is 16.1 Å². The third-order valence-corrected chi connectivity index (χ3v) is 6.84. The van der Waals surface area contributed by atoms with Crippen molar-refractivity contribution in [3.05, 3.63) is 60.7 Å². The highest BCUT2D eigenvalue weighted by Gasteiger charge is 2.68. The van der Waals surface area contributed by atoms with Crippen molar-refractivity contribution in [1.82, 2.24) is 4.90 Å². The summed E-state index contributed by atoms with van der Waals surface area (Å²) in [7, 11) is 2.00. The van der Waals surface area contributed by atoms with Gasteiger partial charge in [-0.05, 0) is 38.2 Å². The summed E-state index contributed by atoms with van der Waals surface area (Å²) in [5.41, 5.74) is 2.22. The van der Waals surface area contributed by atoms with Crippen molar-refractivity contribution < 1.29 is 9.59 Å². The van der Waals surface area contributed by atoms with Crippen molar-refractivity contribution >= 4 is 34.4 Å². The van der Waals surface area contributed by atoms with Crippen molar-refractivity contribution in [3.63, 3.8) is 0 Å². The number of Topliss-reactive ketones (excluding diaryl/α,β-unsaturated/α-hetero) is 2. The number of ketones is 2. The molecule has 0 bridgehead atoms. The molecule has 0 aromatic heterocycles. The Morgan fingerprint density at radius 2 is 1.39 bits per heavy atom. The number of anilines is 2. The number of para-hydroxylation sites is 2. The van der Waals surface area contributed by atoms with Crippen molar-refractivity contribution in [3.8, 4) is 0 Å². The molecule has 0 amide bonds. The first-order valence-corrected chi connectivity index (χ1v) is 10.5. The van der Waals surface area contributed by atoms with E-state index in [1.54, 1.807) is 13.8 Å². The van der Waals surface area contributed by atoms with Crippen LogP contribution in [0.2, 0.25) is 0 Å². The van der Waals surface area contributed by atoms with Crippen LogP contribution in [-0.4, -0.2) is 52.7 Å². The molecule has 2 aromatic carbocycles. The van der Waals surface area contributed by atoms with E-state index < -0.39 is 5.66 Å². The lowest BCUT2D eigenvalue weighted by Crippen LogP contribution is -2.56. The predicted molar refractivity (Wildman–Crippen MR) is 121 cm³/mol. The van der Waals surface area contributed by atoms with E-state index in [9.17, 15) is 9.59 Å². The molecule has 0 radical (unpaired) electrons. The normalized spacial score (nSPS) is 29.5. The summed E-state index contributed by atoms with van der Waals surface area (Å²) in [6.07, 6.45) is 0. The highest BCUT2D eigenvalue weighted by molar-refractivity contribution is 6.44. The number of hydrogen-bond donors (Lipinski definition) is 0. The van der Waals surface area contributed by atoms with E-state index in [1.807, 2.05) is 77.7 Å². The Morgan fingerprint density at radius 3 is 1.94 bits per heavy atom. The Labute approximate surface area is 181 Å².